The molecule has 5 rings (SSSR count). The number of hydrogen-bond donors (Lipinski definition) is 1. The molecule has 0 saturated carbocycles. The van der Waals surface area contributed by atoms with Gasteiger partial charge in [-0.3, -0.25) is 0 Å². The molecule has 6 heteroatoms. The Bertz CT molecular complexity index is 949. The molecule has 0 spiro atoms. The summed E-state index contributed by atoms with van der Waals surface area (Å²) in [6.45, 7) is 3.22. The van der Waals surface area contributed by atoms with E-state index in [0.29, 0.717) is 11.8 Å². The molecule has 0 atom stereocenters. The Kier molecular flexibility index (Phi) is 4.53. The first-order valence-electron chi connectivity index (χ1n) is 10.0. The Morgan fingerprint density at radius 2 is 1.68 bits per heavy atom. The molecule has 2 aromatic carbocycles. The van der Waals surface area contributed by atoms with Gasteiger partial charge in [0.25, 0.3) is 5.95 Å². The Morgan fingerprint density at radius 3 is 2.54 bits per heavy atom. The van der Waals surface area contributed by atoms with Gasteiger partial charge in [-0.2, -0.15) is 10.1 Å². The predicted molar refractivity (Wildman–Crippen MR) is 113 cm³/mol. The van der Waals surface area contributed by atoms with E-state index >= 15 is 0 Å². The van der Waals surface area contributed by atoms with Crippen LogP contribution >= 0.6 is 0 Å². The second-order valence-corrected chi connectivity index (χ2v) is 7.39. The standard InChI is InChI=1S/C22H24N6/c1-2-8-20-17(6-1)7-5-15-28(20)22-25-21(16-23-26-22)24-18-9-11-19(12-10-18)27-13-3-4-14-27/h1-2,6,8-12,16H,3-5,7,13-15H2,(H,24,25,26). The van der Waals surface area contributed by atoms with Crippen molar-refractivity contribution in [3.63, 3.8) is 0 Å². The number of nitrogens with one attached hydrogen (secondary N) is 1. The number of aryl methyl sites for hydroxylation is 1. The highest BCUT2D eigenvalue weighted by molar-refractivity contribution is 5.65. The predicted octanol–water partition coefficient (Wildman–Crippen LogP) is 4.30. The van der Waals surface area contributed by atoms with Crippen LogP contribution in [0.25, 0.3) is 0 Å². The van der Waals surface area contributed by atoms with Crippen molar-refractivity contribution in [2.45, 2.75) is 25.7 Å². The van der Waals surface area contributed by atoms with E-state index in [2.05, 4.69) is 73.8 Å². The maximum Gasteiger partial charge on any atom is 0.251 e. The Labute approximate surface area is 165 Å². The van der Waals surface area contributed by atoms with Crippen LogP contribution in [0.3, 0.4) is 0 Å². The van der Waals surface area contributed by atoms with Crippen molar-refractivity contribution in [3.05, 3.63) is 60.3 Å². The monoisotopic (exact) mass is 372 g/mol. The van der Waals surface area contributed by atoms with E-state index in [4.69, 9.17) is 4.98 Å². The molecular formula is C22H24N6. The largest absolute Gasteiger partial charge is 0.372 e. The van der Waals surface area contributed by atoms with Gasteiger partial charge in [0.05, 0.1) is 6.20 Å². The van der Waals surface area contributed by atoms with Gasteiger partial charge in [0.1, 0.15) is 0 Å². The fourth-order valence-corrected chi connectivity index (χ4v) is 4.09. The summed E-state index contributed by atoms with van der Waals surface area (Å²) in [6.07, 6.45) is 6.44. The van der Waals surface area contributed by atoms with E-state index in [1.54, 1.807) is 6.20 Å². The zero-order valence-corrected chi connectivity index (χ0v) is 15.9. The summed E-state index contributed by atoms with van der Waals surface area (Å²) in [5.74, 6) is 1.35. The number of para-hydroxylation sites is 1. The number of benzene rings is 2. The fourth-order valence-electron chi connectivity index (χ4n) is 4.09. The van der Waals surface area contributed by atoms with Crippen LogP contribution in [-0.2, 0) is 6.42 Å². The highest BCUT2D eigenvalue weighted by Crippen LogP contribution is 2.31. The molecule has 3 heterocycles. The molecule has 1 aromatic heterocycles. The average molecular weight is 372 g/mol. The van der Waals surface area contributed by atoms with Crippen molar-refractivity contribution in [2.75, 3.05) is 34.8 Å². The molecule has 1 N–H and O–H groups in total. The van der Waals surface area contributed by atoms with E-state index in [1.165, 1.54) is 29.8 Å². The van der Waals surface area contributed by atoms with Gasteiger partial charge in [-0.05, 0) is 61.6 Å². The summed E-state index contributed by atoms with van der Waals surface area (Å²) >= 11 is 0. The SMILES string of the molecule is c1ccc2c(c1)CCCN2c1nncc(Nc2ccc(N3CCCC3)cc2)n1. The summed E-state index contributed by atoms with van der Waals surface area (Å²) in [5, 5.41) is 11.8. The topological polar surface area (TPSA) is 57.2 Å². The van der Waals surface area contributed by atoms with Crippen molar-refractivity contribution in [1.82, 2.24) is 15.2 Å². The zero-order valence-electron chi connectivity index (χ0n) is 15.9. The third-order valence-corrected chi connectivity index (χ3v) is 5.51. The summed E-state index contributed by atoms with van der Waals surface area (Å²) in [7, 11) is 0. The normalized spacial score (nSPS) is 16.1. The van der Waals surface area contributed by atoms with Crippen LogP contribution in [0.5, 0.6) is 0 Å². The van der Waals surface area contributed by atoms with Gasteiger partial charge in [0.15, 0.2) is 5.82 Å². The van der Waals surface area contributed by atoms with Gasteiger partial charge >= 0.3 is 0 Å². The van der Waals surface area contributed by atoms with Crippen LogP contribution < -0.4 is 15.1 Å². The molecule has 1 saturated heterocycles. The van der Waals surface area contributed by atoms with Gasteiger partial charge in [-0.1, -0.05) is 18.2 Å². The summed E-state index contributed by atoms with van der Waals surface area (Å²) in [4.78, 5) is 9.31. The van der Waals surface area contributed by atoms with E-state index < -0.39 is 0 Å². The average Bonchev–Trinajstić information content (AvgIpc) is 3.29. The smallest absolute Gasteiger partial charge is 0.251 e. The number of aromatic nitrogens is 3. The minimum absolute atomic E-state index is 0.644. The van der Waals surface area contributed by atoms with Crippen LogP contribution in [-0.4, -0.2) is 34.8 Å². The van der Waals surface area contributed by atoms with Gasteiger partial charge in [-0.25, -0.2) is 0 Å². The molecule has 0 unspecified atom stereocenters. The zero-order chi connectivity index (χ0) is 18.8. The number of anilines is 5. The third kappa shape index (κ3) is 3.38. The quantitative estimate of drug-likeness (QED) is 0.737. The minimum atomic E-state index is 0.644. The first-order chi connectivity index (χ1) is 13.9. The summed E-state index contributed by atoms with van der Waals surface area (Å²) in [5.41, 5.74) is 4.82. The first-order valence-corrected chi connectivity index (χ1v) is 10.0. The number of hydrogen-bond acceptors (Lipinski definition) is 6. The number of fused-ring (bicyclic) bond motifs is 1. The molecule has 0 bridgehead atoms. The lowest BCUT2D eigenvalue weighted by atomic mass is 10.0. The molecule has 0 radical (unpaired) electrons. The fraction of sp³-hybridized carbons (Fsp3) is 0.318. The maximum absolute atomic E-state index is 4.72. The van der Waals surface area contributed by atoms with Crippen molar-refractivity contribution in [3.8, 4) is 0 Å². The van der Waals surface area contributed by atoms with Crippen molar-refractivity contribution in [2.24, 2.45) is 0 Å². The van der Waals surface area contributed by atoms with E-state index in [0.717, 1.165) is 38.2 Å². The lowest BCUT2D eigenvalue weighted by Crippen LogP contribution is -2.26. The van der Waals surface area contributed by atoms with Crippen molar-refractivity contribution < 1.29 is 0 Å². The lowest BCUT2D eigenvalue weighted by Gasteiger charge is -2.29. The molecule has 6 nitrogen and oxygen atoms in total. The molecule has 1 fully saturated rings. The van der Waals surface area contributed by atoms with Crippen LogP contribution in [0.15, 0.2) is 54.7 Å². The number of rotatable bonds is 4. The summed E-state index contributed by atoms with van der Waals surface area (Å²) in [6, 6.07) is 17.0. The highest BCUT2D eigenvalue weighted by Gasteiger charge is 2.20. The van der Waals surface area contributed by atoms with Gasteiger partial charge in [0, 0.05) is 36.7 Å². The van der Waals surface area contributed by atoms with Gasteiger partial charge < -0.3 is 15.1 Å². The highest BCUT2D eigenvalue weighted by atomic mass is 15.3. The van der Waals surface area contributed by atoms with Gasteiger partial charge in [-0.15, -0.1) is 5.10 Å². The Balaban J connectivity index is 1.35. The molecule has 0 aliphatic carbocycles. The van der Waals surface area contributed by atoms with Gasteiger partial charge in [0.2, 0.25) is 0 Å². The second-order valence-electron chi connectivity index (χ2n) is 7.39. The molecule has 3 aromatic rings. The molecular weight excluding hydrogens is 348 g/mol. The minimum Gasteiger partial charge on any atom is -0.372 e. The molecule has 2 aliphatic heterocycles. The van der Waals surface area contributed by atoms with Crippen LogP contribution in [0, 0.1) is 0 Å². The summed E-state index contributed by atoms with van der Waals surface area (Å²) < 4.78 is 0. The molecule has 2 aliphatic rings. The molecule has 142 valence electrons. The van der Waals surface area contributed by atoms with E-state index in [-0.39, 0.29) is 0 Å². The van der Waals surface area contributed by atoms with Crippen LogP contribution in [0.2, 0.25) is 0 Å². The lowest BCUT2D eigenvalue weighted by molar-refractivity contribution is 0.742. The van der Waals surface area contributed by atoms with Crippen LogP contribution in [0.1, 0.15) is 24.8 Å². The Hall–Kier alpha value is -3.15. The van der Waals surface area contributed by atoms with Crippen LogP contribution in [0.4, 0.5) is 28.8 Å². The second kappa shape index (κ2) is 7.46. The Morgan fingerprint density at radius 1 is 0.857 bits per heavy atom. The van der Waals surface area contributed by atoms with E-state index in [1.807, 2.05) is 0 Å². The maximum atomic E-state index is 4.72. The molecule has 28 heavy (non-hydrogen) atoms. The van der Waals surface area contributed by atoms with Crippen molar-refractivity contribution >= 4 is 28.8 Å². The first kappa shape index (κ1) is 17.0. The number of nitrogens with zero attached hydrogens (tertiary/aromatic N) is 5. The van der Waals surface area contributed by atoms with E-state index in [9.17, 15) is 0 Å². The van der Waals surface area contributed by atoms with Crippen molar-refractivity contribution in [1.29, 1.82) is 0 Å². The third-order valence-electron chi connectivity index (χ3n) is 5.51. The molecule has 0 amide bonds.